The predicted octanol–water partition coefficient (Wildman–Crippen LogP) is 6.08. The van der Waals surface area contributed by atoms with Crippen LogP contribution >= 0.6 is 0 Å². The van der Waals surface area contributed by atoms with Gasteiger partial charge in [0.05, 0.1) is 43.0 Å². The molecule has 0 radical (unpaired) electrons. The highest BCUT2D eigenvalue weighted by Gasteiger charge is 2.40. The summed E-state index contributed by atoms with van der Waals surface area (Å²) in [7, 11) is 2.65. The average Bonchev–Trinajstić information content (AvgIpc) is 4.00. The Morgan fingerprint density at radius 3 is 1.93 bits per heavy atom. The number of aliphatic imine (C=N–C) groups is 1. The standard InChI is InChI=1S/C43H51N7O6/c1-55-42(53)47-35(23-26-7-3-8-26)40(51)49-19-5-11-37(49)34-25-30-21-28(15-17-31(30)44-34)13-14-29-16-18-32-33(22-29)46-39(45-32)38-12-6-20-50(38)41(52)36(48-43(54)56-2)24-27-9-4-10-27/h15-18,21-22,26-27,35-38H,3-12,19-20,23-25H2,1-2H3,(H,45,46)(H,47,53)(H,48,54)/t35-,36-,37+,38+/m1/s1. The lowest BCUT2D eigenvalue weighted by Crippen LogP contribution is -2.52. The number of rotatable bonds is 10. The highest BCUT2D eigenvalue weighted by Crippen LogP contribution is 2.37. The molecule has 2 aromatic carbocycles. The Morgan fingerprint density at radius 2 is 1.34 bits per heavy atom. The molecule has 2 saturated carbocycles. The van der Waals surface area contributed by atoms with E-state index in [2.05, 4.69) is 33.5 Å². The highest BCUT2D eigenvalue weighted by molar-refractivity contribution is 6.01. The predicted molar refractivity (Wildman–Crippen MR) is 210 cm³/mol. The Hall–Kier alpha value is -5.38. The van der Waals surface area contributed by atoms with Crippen LogP contribution in [0.3, 0.4) is 0 Å². The van der Waals surface area contributed by atoms with E-state index in [0.717, 1.165) is 103 Å². The molecule has 8 rings (SSSR count). The molecule has 0 spiro atoms. The van der Waals surface area contributed by atoms with Gasteiger partial charge in [-0.15, -0.1) is 0 Å². The fraction of sp³-hybridized carbons (Fsp3) is 0.535. The average molecular weight is 762 g/mol. The third kappa shape index (κ3) is 7.97. The Labute approximate surface area is 327 Å². The monoisotopic (exact) mass is 761 g/mol. The minimum Gasteiger partial charge on any atom is -0.453 e. The number of amides is 4. The first-order valence-corrected chi connectivity index (χ1v) is 20.3. The summed E-state index contributed by atoms with van der Waals surface area (Å²) >= 11 is 0. The van der Waals surface area contributed by atoms with Gasteiger partial charge in [-0.25, -0.2) is 14.6 Å². The lowest BCUT2D eigenvalue weighted by Gasteiger charge is -2.33. The number of alkyl carbamates (subject to hydrolysis) is 2. The number of benzene rings is 2. The van der Waals surface area contributed by atoms with Gasteiger partial charge in [0.2, 0.25) is 11.8 Å². The molecule has 0 unspecified atom stereocenters. The van der Waals surface area contributed by atoms with Crippen LogP contribution < -0.4 is 10.6 Å². The van der Waals surface area contributed by atoms with Gasteiger partial charge in [0, 0.05) is 36.3 Å². The molecular weight excluding hydrogens is 711 g/mol. The maximum Gasteiger partial charge on any atom is 0.407 e. The van der Waals surface area contributed by atoms with Crippen LogP contribution in [-0.2, 0) is 25.5 Å². The zero-order valence-electron chi connectivity index (χ0n) is 32.3. The number of nitrogens with one attached hydrogen (secondary N) is 3. The van der Waals surface area contributed by atoms with Crippen molar-refractivity contribution in [3.05, 3.63) is 58.9 Å². The molecule has 4 amide bonds. The first-order valence-electron chi connectivity index (χ1n) is 20.3. The Balaban J connectivity index is 0.927. The Kier molecular flexibility index (Phi) is 11.0. The Bertz CT molecular complexity index is 2090. The number of hydrogen-bond donors (Lipinski definition) is 3. The van der Waals surface area contributed by atoms with Gasteiger partial charge in [-0.1, -0.05) is 50.4 Å². The molecule has 0 bridgehead atoms. The number of nitrogens with zero attached hydrogens (tertiary/aromatic N) is 4. The fourth-order valence-corrected chi connectivity index (χ4v) is 8.97. The number of methoxy groups -OCH3 is 2. The molecule has 56 heavy (non-hydrogen) atoms. The lowest BCUT2D eigenvalue weighted by atomic mass is 9.80. The smallest absolute Gasteiger partial charge is 0.407 e. The summed E-state index contributed by atoms with van der Waals surface area (Å²) in [5.41, 5.74) is 6.35. The number of ether oxygens (including phenoxy) is 2. The van der Waals surface area contributed by atoms with Crippen LogP contribution in [0.1, 0.15) is 106 Å². The van der Waals surface area contributed by atoms with E-state index in [1.165, 1.54) is 20.6 Å². The molecule has 13 nitrogen and oxygen atoms in total. The first-order chi connectivity index (χ1) is 27.3. The second kappa shape index (κ2) is 16.4. The van der Waals surface area contributed by atoms with Gasteiger partial charge in [-0.3, -0.25) is 14.6 Å². The van der Waals surface area contributed by atoms with E-state index in [1.54, 1.807) is 0 Å². The number of aromatic nitrogens is 2. The van der Waals surface area contributed by atoms with Gasteiger partial charge in [0.15, 0.2) is 0 Å². The van der Waals surface area contributed by atoms with Gasteiger partial charge < -0.3 is 34.9 Å². The second-order valence-corrected chi connectivity index (χ2v) is 16.0. The van der Waals surface area contributed by atoms with Gasteiger partial charge >= 0.3 is 12.2 Å². The van der Waals surface area contributed by atoms with Crippen molar-refractivity contribution in [2.75, 3.05) is 27.3 Å². The molecule has 3 aliphatic heterocycles. The van der Waals surface area contributed by atoms with E-state index in [4.69, 9.17) is 19.5 Å². The maximum atomic E-state index is 13.8. The van der Waals surface area contributed by atoms with Gasteiger partial charge in [-0.05, 0) is 92.3 Å². The van der Waals surface area contributed by atoms with E-state index in [-0.39, 0.29) is 23.9 Å². The van der Waals surface area contributed by atoms with Crippen molar-refractivity contribution < 1.29 is 28.7 Å². The number of H-pyrrole nitrogens is 1. The van der Waals surface area contributed by atoms with E-state index >= 15 is 0 Å². The molecule has 3 aromatic rings. The van der Waals surface area contributed by atoms with Crippen molar-refractivity contribution >= 4 is 46.4 Å². The van der Waals surface area contributed by atoms with Crippen molar-refractivity contribution in [2.45, 2.75) is 108 Å². The van der Waals surface area contributed by atoms with Crippen molar-refractivity contribution in [2.24, 2.45) is 16.8 Å². The molecule has 4 atom stereocenters. The quantitative estimate of drug-likeness (QED) is 0.212. The lowest BCUT2D eigenvalue weighted by molar-refractivity contribution is -0.135. The molecule has 1 aromatic heterocycles. The van der Waals surface area contributed by atoms with Gasteiger partial charge in [0.1, 0.15) is 17.9 Å². The van der Waals surface area contributed by atoms with Crippen molar-refractivity contribution in [1.82, 2.24) is 30.4 Å². The van der Waals surface area contributed by atoms with Crippen LogP contribution in [0.15, 0.2) is 41.4 Å². The summed E-state index contributed by atoms with van der Waals surface area (Å²) < 4.78 is 9.69. The zero-order valence-corrected chi connectivity index (χ0v) is 32.3. The van der Waals surface area contributed by atoms with Crippen LogP contribution in [0, 0.1) is 23.7 Å². The van der Waals surface area contributed by atoms with Gasteiger partial charge in [0.25, 0.3) is 0 Å². The first kappa shape index (κ1) is 37.5. The minimum atomic E-state index is -0.616. The molecule has 2 aliphatic carbocycles. The third-order valence-corrected chi connectivity index (χ3v) is 12.5. The minimum absolute atomic E-state index is 0.0498. The number of carbonyl (C=O) groups is 4. The van der Waals surface area contributed by atoms with Gasteiger partial charge in [-0.2, -0.15) is 0 Å². The number of likely N-dealkylation sites (tertiary alicyclic amines) is 2. The van der Waals surface area contributed by atoms with E-state index in [9.17, 15) is 19.2 Å². The molecule has 5 aliphatic rings. The van der Waals surface area contributed by atoms with E-state index in [0.29, 0.717) is 44.2 Å². The topological polar surface area (TPSA) is 158 Å². The molecule has 13 heteroatoms. The van der Waals surface area contributed by atoms with Crippen LogP contribution in [0.5, 0.6) is 0 Å². The Morgan fingerprint density at radius 1 is 0.768 bits per heavy atom. The normalized spacial score (nSPS) is 21.6. The summed E-state index contributed by atoms with van der Waals surface area (Å²) in [5.74, 6) is 8.13. The SMILES string of the molecule is COC(=O)N[C@H](CC1CCC1)C(=O)N1CCC[C@H]1C1=Nc2ccc(C#Cc3ccc4nc([C@@H]5CCCN5C(=O)[C@@H](CC5CCC5)NC(=O)OC)[nH]c4c3)cc2C1. The second-order valence-electron chi connectivity index (χ2n) is 16.0. The van der Waals surface area contributed by atoms with Crippen LogP contribution in [0.2, 0.25) is 0 Å². The van der Waals surface area contributed by atoms with Crippen LogP contribution in [-0.4, -0.2) is 94.9 Å². The maximum absolute atomic E-state index is 13.8. The van der Waals surface area contributed by atoms with Crippen molar-refractivity contribution in [1.29, 1.82) is 0 Å². The third-order valence-electron chi connectivity index (χ3n) is 12.5. The number of aromatic amines is 1. The van der Waals surface area contributed by atoms with Crippen molar-refractivity contribution in [3.8, 4) is 11.8 Å². The molecule has 3 N–H and O–H groups in total. The summed E-state index contributed by atoms with van der Waals surface area (Å²) in [6, 6.07) is 10.5. The number of imidazole rings is 1. The number of carbonyl (C=O) groups excluding carboxylic acids is 4. The van der Waals surface area contributed by atoms with E-state index < -0.39 is 24.3 Å². The molecule has 2 saturated heterocycles. The largest absolute Gasteiger partial charge is 0.453 e. The summed E-state index contributed by atoms with van der Waals surface area (Å²) in [6.45, 7) is 1.26. The number of hydrogen-bond acceptors (Lipinski definition) is 8. The fourth-order valence-electron chi connectivity index (χ4n) is 8.97. The summed E-state index contributed by atoms with van der Waals surface area (Å²) in [4.78, 5) is 69.0. The molecule has 294 valence electrons. The summed E-state index contributed by atoms with van der Waals surface area (Å²) in [5, 5.41) is 5.61. The summed E-state index contributed by atoms with van der Waals surface area (Å²) in [6.07, 6.45) is 10.8. The number of fused-ring (bicyclic) bond motifs is 2. The van der Waals surface area contributed by atoms with E-state index in [1.807, 2.05) is 40.1 Å². The highest BCUT2D eigenvalue weighted by atomic mass is 16.5. The van der Waals surface area contributed by atoms with Crippen LogP contribution in [0.4, 0.5) is 15.3 Å². The molecular formula is C43H51N7O6. The zero-order chi connectivity index (χ0) is 38.8. The molecule has 4 fully saturated rings. The molecule has 4 heterocycles. The van der Waals surface area contributed by atoms with Crippen molar-refractivity contribution in [3.63, 3.8) is 0 Å². The van der Waals surface area contributed by atoms with Crippen LogP contribution in [0.25, 0.3) is 11.0 Å².